The Labute approximate surface area is 155 Å². The molecule has 0 bridgehead atoms. The van der Waals surface area contributed by atoms with E-state index in [9.17, 15) is 4.79 Å². The summed E-state index contributed by atoms with van der Waals surface area (Å²) < 4.78 is 1.19. The Bertz CT molecular complexity index is 975. The summed E-state index contributed by atoms with van der Waals surface area (Å²) >= 11 is 1.67. The van der Waals surface area contributed by atoms with Gasteiger partial charge in [-0.2, -0.15) is 0 Å². The van der Waals surface area contributed by atoms with Crippen molar-refractivity contribution < 1.29 is 4.79 Å². The normalized spacial score (nSPS) is 23.8. The summed E-state index contributed by atoms with van der Waals surface area (Å²) in [6.45, 7) is 3.86. The number of benzene rings is 1. The van der Waals surface area contributed by atoms with Crippen molar-refractivity contribution in [3.63, 3.8) is 0 Å². The summed E-state index contributed by atoms with van der Waals surface area (Å²) in [5.74, 6) is 0.827. The van der Waals surface area contributed by atoms with Crippen molar-refractivity contribution in [2.45, 2.75) is 44.2 Å². The minimum absolute atomic E-state index is 0.0992. The first-order valence-corrected chi connectivity index (χ1v) is 9.63. The first-order chi connectivity index (χ1) is 12.5. The zero-order valence-corrected chi connectivity index (χ0v) is 15.5. The Morgan fingerprint density at radius 2 is 1.96 bits per heavy atom. The molecule has 6 nitrogen and oxygen atoms in total. The molecule has 3 heterocycles. The molecule has 1 N–H and O–H groups in total. The summed E-state index contributed by atoms with van der Waals surface area (Å²) in [4.78, 5) is 28.3. The Morgan fingerprint density at radius 3 is 2.77 bits per heavy atom. The van der Waals surface area contributed by atoms with E-state index in [0.29, 0.717) is 6.04 Å². The van der Waals surface area contributed by atoms with Gasteiger partial charge in [0.1, 0.15) is 0 Å². The minimum atomic E-state index is -0.602. The Balaban J connectivity index is 1.32. The maximum atomic E-state index is 12.9. The number of carbonyl (C=O) groups is 1. The molecule has 0 unspecified atom stereocenters. The SMILES string of the molecule is CC1(C)C(=O)N([C@H]2C[C@H](Nc3nc4ccccc4s3)C2)c2nccnc21. The average molecular weight is 365 g/mol. The van der Waals surface area contributed by atoms with Crippen molar-refractivity contribution in [3.8, 4) is 0 Å². The molecule has 132 valence electrons. The van der Waals surface area contributed by atoms with Gasteiger partial charge >= 0.3 is 0 Å². The summed E-state index contributed by atoms with van der Waals surface area (Å²) in [7, 11) is 0. The van der Waals surface area contributed by atoms with Crippen LogP contribution in [0.25, 0.3) is 10.2 Å². The third-order valence-electron chi connectivity index (χ3n) is 5.35. The number of thiazole rings is 1. The van der Waals surface area contributed by atoms with Crippen LogP contribution in [0.5, 0.6) is 0 Å². The highest BCUT2D eigenvalue weighted by Crippen LogP contribution is 2.43. The summed E-state index contributed by atoms with van der Waals surface area (Å²) in [6, 6.07) is 8.65. The minimum Gasteiger partial charge on any atom is -0.359 e. The van der Waals surface area contributed by atoms with E-state index in [1.165, 1.54) is 4.70 Å². The molecule has 2 aromatic heterocycles. The number of anilines is 2. The largest absolute Gasteiger partial charge is 0.359 e. The highest BCUT2D eigenvalue weighted by atomic mass is 32.1. The molecule has 7 heteroatoms. The van der Waals surface area contributed by atoms with E-state index in [2.05, 4.69) is 26.3 Å². The van der Waals surface area contributed by atoms with Crippen LogP contribution in [-0.2, 0) is 10.2 Å². The zero-order valence-electron chi connectivity index (χ0n) is 14.6. The van der Waals surface area contributed by atoms with Gasteiger partial charge in [-0.05, 0) is 38.8 Å². The average Bonchev–Trinajstić information content (AvgIpc) is 3.09. The molecule has 0 spiro atoms. The molecule has 1 saturated carbocycles. The van der Waals surface area contributed by atoms with E-state index in [1.807, 2.05) is 36.9 Å². The first-order valence-electron chi connectivity index (χ1n) is 8.81. The van der Waals surface area contributed by atoms with Crippen molar-refractivity contribution in [2.75, 3.05) is 10.2 Å². The molecule has 2 aliphatic rings. The van der Waals surface area contributed by atoms with E-state index in [1.54, 1.807) is 23.7 Å². The smallest absolute Gasteiger partial charge is 0.240 e. The summed E-state index contributed by atoms with van der Waals surface area (Å²) in [5, 5.41) is 4.46. The third-order valence-corrected chi connectivity index (χ3v) is 6.32. The number of fused-ring (bicyclic) bond motifs is 2. The second-order valence-electron chi connectivity index (χ2n) is 7.48. The van der Waals surface area contributed by atoms with E-state index in [4.69, 9.17) is 0 Å². The number of aromatic nitrogens is 3. The highest BCUT2D eigenvalue weighted by Gasteiger charge is 2.51. The standard InChI is InChI=1S/C19H19N5OS/c1-19(2)15-16(21-8-7-20-15)24(17(19)25)12-9-11(10-12)22-18-23-13-5-3-4-6-14(13)26-18/h3-8,11-12H,9-10H2,1-2H3,(H,22,23)/t11-,12-. The van der Waals surface area contributed by atoms with Crippen LogP contribution >= 0.6 is 11.3 Å². The second-order valence-corrected chi connectivity index (χ2v) is 8.51. The molecule has 1 aromatic carbocycles. The molecule has 0 radical (unpaired) electrons. The summed E-state index contributed by atoms with van der Waals surface area (Å²) in [6.07, 6.45) is 5.12. The molecule has 26 heavy (non-hydrogen) atoms. The van der Waals surface area contributed by atoms with Crippen LogP contribution in [0.4, 0.5) is 10.9 Å². The quantitative estimate of drug-likeness (QED) is 0.771. The van der Waals surface area contributed by atoms with Crippen LogP contribution in [0.2, 0.25) is 0 Å². The predicted octanol–water partition coefficient (Wildman–Crippen LogP) is 3.35. The fourth-order valence-corrected chi connectivity index (χ4v) is 4.75. The van der Waals surface area contributed by atoms with Gasteiger partial charge in [-0.1, -0.05) is 23.5 Å². The van der Waals surface area contributed by atoms with Gasteiger partial charge < -0.3 is 5.32 Å². The van der Waals surface area contributed by atoms with Gasteiger partial charge in [0.2, 0.25) is 5.91 Å². The van der Waals surface area contributed by atoms with Crippen LogP contribution < -0.4 is 10.2 Å². The number of para-hydroxylation sites is 1. The number of nitrogens with zero attached hydrogens (tertiary/aromatic N) is 4. The maximum absolute atomic E-state index is 12.9. The topological polar surface area (TPSA) is 71.0 Å². The van der Waals surface area contributed by atoms with Gasteiger partial charge in [0.15, 0.2) is 10.9 Å². The van der Waals surface area contributed by atoms with Gasteiger partial charge in [-0.15, -0.1) is 0 Å². The Hall–Kier alpha value is -2.54. The van der Waals surface area contributed by atoms with Crippen molar-refractivity contribution in [1.29, 1.82) is 0 Å². The lowest BCUT2D eigenvalue weighted by Crippen LogP contribution is -2.53. The first kappa shape index (κ1) is 15.7. The molecule has 5 rings (SSSR count). The molecule has 1 amide bonds. The number of hydrogen-bond donors (Lipinski definition) is 1. The van der Waals surface area contributed by atoms with Gasteiger partial charge in [0.25, 0.3) is 0 Å². The molecule has 1 aliphatic carbocycles. The van der Waals surface area contributed by atoms with Gasteiger partial charge in [-0.25, -0.2) is 9.97 Å². The van der Waals surface area contributed by atoms with E-state index >= 15 is 0 Å². The molecule has 1 fully saturated rings. The molecule has 1 aliphatic heterocycles. The van der Waals surface area contributed by atoms with E-state index in [0.717, 1.165) is 35.0 Å². The Kier molecular flexibility index (Phi) is 3.31. The number of carbonyl (C=O) groups excluding carboxylic acids is 1. The molecule has 3 aromatic rings. The van der Waals surface area contributed by atoms with E-state index in [-0.39, 0.29) is 11.9 Å². The van der Waals surface area contributed by atoms with E-state index < -0.39 is 5.41 Å². The Morgan fingerprint density at radius 1 is 1.19 bits per heavy atom. The van der Waals surface area contributed by atoms with Crippen LogP contribution in [0.1, 0.15) is 32.4 Å². The number of amides is 1. The lowest BCUT2D eigenvalue weighted by molar-refractivity contribution is -0.123. The van der Waals surface area contributed by atoms with Crippen LogP contribution in [0.15, 0.2) is 36.7 Å². The lowest BCUT2D eigenvalue weighted by Gasteiger charge is -2.41. The van der Waals surface area contributed by atoms with Crippen LogP contribution in [0, 0.1) is 0 Å². The molecular weight excluding hydrogens is 346 g/mol. The second kappa shape index (κ2) is 5.48. The molecule has 0 atom stereocenters. The maximum Gasteiger partial charge on any atom is 0.240 e. The number of rotatable bonds is 3. The lowest BCUT2D eigenvalue weighted by atomic mass is 9.85. The van der Waals surface area contributed by atoms with Crippen molar-refractivity contribution in [3.05, 3.63) is 42.4 Å². The predicted molar refractivity (Wildman–Crippen MR) is 103 cm³/mol. The zero-order chi connectivity index (χ0) is 17.9. The fraction of sp³-hybridized carbons (Fsp3) is 0.368. The van der Waals surface area contributed by atoms with Gasteiger partial charge in [-0.3, -0.25) is 14.7 Å². The monoisotopic (exact) mass is 365 g/mol. The van der Waals surface area contributed by atoms with Crippen molar-refractivity contribution >= 4 is 38.4 Å². The number of nitrogens with one attached hydrogen (secondary N) is 1. The third kappa shape index (κ3) is 2.23. The summed E-state index contributed by atoms with van der Waals surface area (Å²) in [5.41, 5.74) is 1.21. The fourth-order valence-electron chi connectivity index (χ4n) is 3.81. The van der Waals surface area contributed by atoms with Crippen LogP contribution in [0.3, 0.4) is 0 Å². The highest BCUT2D eigenvalue weighted by molar-refractivity contribution is 7.22. The molecular formula is C19H19N5OS. The molecule has 0 saturated heterocycles. The number of hydrogen-bond acceptors (Lipinski definition) is 6. The van der Waals surface area contributed by atoms with Crippen molar-refractivity contribution in [2.24, 2.45) is 0 Å². The van der Waals surface area contributed by atoms with Crippen LogP contribution in [-0.4, -0.2) is 32.9 Å². The van der Waals surface area contributed by atoms with Gasteiger partial charge in [0.05, 0.1) is 21.3 Å². The van der Waals surface area contributed by atoms with Gasteiger partial charge in [0, 0.05) is 24.5 Å². The van der Waals surface area contributed by atoms with Crippen molar-refractivity contribution in [1.82, 2.24) is 15.0 Å².